The van der Waals surface area contributed by atoms with Gasteiger partial charge in [0.15, 0.2) is 4.80 Å². The number of ether oxygens (including phenoxy) is 2. The maximum absolute atomic E-state index is 12.9. The zero-order valence-electron chi connectivity index (χ0n) is 16.6. The molecular weight excluding hydrogens is 404 g/mol. The molecule has 0 radical (unpaired) electrons. The van der Waals surface area contributed by atoms with Gasteiger partial charge in [-0.1, -0.05) is 23.5 Å². The number of aromatic nitrogens is 1. The number of hydrogen-bond acceptors (Lipinski definition) is 6. The molecule has 0 N–H and O–H groups in total. The number of benzene rings is 2. The molecule has 8 heteroatoms. The van der Waals surface area contributed by atoms with E-state index in [4.69, 9.17) is 13.9 Å². The van der Waals surface area contributed by atoms with Crippen molar-refractivity contribution in [3.63, 3.8) is 0 Å². The van der Waals surface area contributed by atoms with Gasteiger partial charge in [-0.3, -0.25) is 9.59 Å². The number of amides is 1. The van der Waals surface area contributed by atoms with Crippen LogP contribution in [0.4, 0.5) is 0 Å². The van der Waals surface area contributed by atoms with E-state index in [0.717, 1.165) is 10.2 Å². The fourth-order valence-corrected chi connectivity index (χ4v) is 4.24. The molecule has 0 unspecified atom stereocenters. The summed E-state index contributed by atoms with van der Waals surface area (Å²) < 4.78 is 19.1. The van der Waals surface area contributed by atoms with Gasteiger partial charge in [-0.25, -0.2) is 0 Å². The number of nitrogens with zero attached hydrogens (tertiary/aromatic N) is 2. The average molecular weight is 424 g/mol. The molecule has 2 heterocycles. The lowest BCUT2D eigenvalue weighted by Gasteiger charge is -2.06. The molecule has 0 atom stereocenters. The third-order valence-electron chi connectivity index (χ3n) is 4.66. The monoisotopic (exact) mass is 424 g/mol. The maximum atomic E-state index is 12.9. The van der Waals surface area contributed by atoms with Crippen LogP contribution in [0.25, 0.3) is 21.2 Å². The largest absolute Gasteiger partial charge is 0.497 e. The molecule has 2 aromatic heterocycles. The van der Waals surface area contributed by atoms with Crippen LogP contribution < -0.4 is 15.0 Å². The predicted octanol–water partition coefficient (Wildman–Crippen LogP) is 3.60. The molecule has 0 aliphatic rings. The number of thiazole rings is 1. The van der Waals surface area contributed by atoms with Crippen LogP contribution in [0, 0.1) is 0 Å². The lowest BCUT2D eigenvalue weighted by atomic mass is 10.2. The van der Waals surface area contributed by atoms with Crippen molar-refractivity contribution in [3.05, 3.63) is 69.3 Å². The zero-order chi connectivity index (χ0) is 21.1. The van der Waals surface area contributed by atoms with Crippen molar-refractivity contribution >= 4 is 38.4 Å². The molecule has 1 amide bonds. The van der Waals surface area contributed by atoms with Crippen LogP contribution in [0.3, 0.4) is 0 Å². The molecule has 154 valence electrons. The Hall–Kier alpha value is -3.23. The summed E-state index contributed by atoms with van der Waals surface area (Å²) in [4.78, 5) is 30.3. The van der Waals surface area contributed by atoms with E-state index in [9.17, 15) is 9.59 Å². The summed E-state index contributed by atoms with van der Waals surface area (Å²) >= 11 is 1.35. The highest BCUT2D eigenvalue weighted by Gasteiger charge is 2.15. The van der Waals surface area contributed by atoms with Gasteiger partial charge in [0, 0.05) is 13.2 Å². The summed E-state index contributed by atoms with van der Waals surface area (Å²) in [6.45, 7) is 3.53. The number of para-hydroxylation sites is 1. The summed E-state index contributed by atoms with van der Waals surface area (Å²) in [5.74, 6) is 0.0759. The highest BCUT2D eigenvalue weighted by atomic mass is 32.1. The molecule has 0 bridgehead atoms. The summed E-state index contributed by atoms with van der Waals surface area (Å²) in [7, 11) is 1.60. The molecule has 4 aromatic rings. The number of carbonyl (C=O) groups is 1. The Morgan fingerprint density at radius 3 is 2.87 bits per heavy atom. The molecule has 7 nitrogen and oxygen atoms in total. The smallest absolute Gasteiger partial charge is 0.286 e. The van der Waals surface area contributed by atoms with Gasteiger partial charge >= 0.3 is 0 Å². The topological polar surface area (TPSA) is 83.0 Å². The van der Waals surface area contributed by atoms with Crippen LogP contribution in [-0.4, -0.2) is 30.8 Å². The predicted molar refractivity (Wildman–Crippen MR) is 115 cm³/mol. The van der Waals surface area contributed by atoms with E-state index >= 15 is 0 Å². The molecule has 4 rings (SSSR count). The Morgan fingerprint density at radius 1 is 1.23 bits per heavy atom. The average Bonchev–Trinajstić information content (AvgIpc) is 3.10. The molecule has 2 aromatic carbocycles. The minimum Gasteiger partial charge on any atom is -0.497 e. The highest BCUT2D eigenvalue weighted by Crippen LogP contribution is 2.23. The Bertz CT molecular complexity index is 1350. The van der Waals surface area contributed by atoms with Crippen molar-refractivity contribution in [1.82, 2.24) is 4.57 Å². The lowest BCUT2D eigenvalue weighted by Crippen LogP contribution is -2.21. The second-order valence-corrected chi connectivity index (χ2v) is 7.47. The molecule has 0 aliphatic carbocycles. The van der Waals surface area contributed by atoms with Gasteiger partial charge in [0.05, 0.1) is 29.3 Å². The summed E-state index contributed by atoms with van der Waals surface area (Å²) in [5, 5.41) is 0.351. The van der Waals surface area contributed by atoms with Crippen molar-refractivity contribution in [2.45, 2.75) is 13.5 Å². The molecule has 0 aliphatic heterocycles. The first kappa shape index (κ1) is 20.1. The first-order valence-electron chi connectivity index (χ1n) is 9.47. The number of methoxy groups -OCH3 is 1. The molecular formula is C22H20N2O5S. The van der Waals surface area contributed by atoms with Crippen molar-refractivity contribution in [3.8, 4) is 5.75 Å². The Labute approximate surface area is 175 Å². The van der Waals surface area contributed by atoms with Crippen LogP contribution in [0.5, 0.6) is 5.75 Å². The van der Waals surface area contributed by atoms with E-state index in [2.05, 4.69) is 4.99 Å². The summed E-state index contributed by atoms with van der Waals surface area (Å²) in [6, 6.07) is 12.5. The lowest BCUT2D eigenvalue weighted by molar-refractivity contribution is 0.0994. The Balaban J connectivity index is 1.83. The van der Waals surface area contributed by atoms with E-state index in [1.165, 1.54) is 17.6 Å². The van der Waals surface area contributed by atoms with Crippen LogP contribution in [-0.2, 0) is 11.3 Å². The van der Waals surface area contributed by atoms with E-state index < -0.39 is 11.3 Å². The molecule has 0 spiro atoms. The van der Waals surface area contributed by atoms with Gasteiger partial charge in [-0.05, 0) is 37.3 Å². The second-order valence-electron chi connectivity index (χ2n) is 6.46. The van der Waals surface area contributed by atoms with Gasteiger partial charge in [-0.15, -0.1) is 0 Å². The van der Waals surface area contributed by atoms with Gasteiger partial charge in [-0.2, -0.15) is 4.99 Å². The second kappa shape index (κ2) is 8.64. The Morgan fingerprint density at radius 2 is 2.07 bits per heavy atom. The van der Waals surface area contributed by atoms with Gasteiger partial charge in [0.2, 0.25) is 5.43 Å². The summed E-state index contributed by atoms with van der Waals surface area (Å²) in [6.07, 6.45) is 1.18. The SMILES string of the molecule is CCOCCn1c(=NC(=O)c2coc3ccccc3c2=O)sc2cc(OC)ccc21. The van der Waals surface area contributed by atoms with Crippen LogP contribution in [0.2, 0.25) is 0 Å². The number of hydrogen-bond donors (Lipinski definition) is 0. The van der Waals surface area contributed by atoms with Crippen molar-refractivity contribution < 1.29 is 18.7 Å². The number of rotatable bonds is 6. The van der Waals surface area contributed by atoms with Crippen LogP contribution in [0.1, 0.15) is 17.3 Å². The molecule has 0 saturated heterocycles. The number of carbonyl (C=O) groups excluding carboxylic acids is 1. The van der Waals surface area contributed by atoms with Crippen molar-refractivity contribution in [2.75, 3.05) is 20.3 Å². The number of fused-ring (bicyclic) bond motifs is 2. The van der Waals surface area contributed by atoms with E-state index in [-0.39, 0.29) is 5.56 Å². The highest BCUT2D eigenvalue weighted by molar-refractivity contribution is 7.16. The van der Waals surface area contributed by atoms with Crippen LogP contribution >= 0.6 is 11.3 Å². The van der Waals surface area contributed by atoms with E-state index in [1.807, 2.05) is 29.7 Å². The van der Waals surface area contributed by atoms with Crippen molar-refractivity contribution in [1.29, 1.82) is 0 Å². The van der Waals surface area contributed by atoms with Crippen LogP contribution in [0.15, 0.2) is 62.9 Å². The van der Waals surface area contributed by atoms with Gasteiger partial charge in [0.1, 0.15) is 23.2 Å². The third-order valence-corrected chi connectivity index (χ3v) is 5.70. The first-order valence-corrected chi connectivity index (χ1v) is 10.3. The van der Waals surface area contributed by atoms with E-state index in [0.29, 0.717) is 41.3 Å². The zero-order valence-corrected chi connectivity index (χ0v) is 17.4. The van der Waals surface area contributed by atoms with E-state index in [1.54, 1.807) is 31.4 Å². The minimum atomic E-state index is -0.641. The third kappa shape index (κ3) is 3.79. The van der Waals surface area contributed by atoms with Gasteiger partial charge < -0.3 is 18.5 Å². The normalized spacial score (nSPS) is 12.0. The van der Waals surface area contributed by atoms with Crippen molar-refractivity contribution in [2.24, 2.45) is 4.99 Å². The summed E-state index contributed by atoms with van der Waals surface area (Å²) in [5.41, 5.74) is 0.853. The minimum absolute atomic E-state index is 0.0971. The molecule has 0 fully saturated rings. The first-order chi connectivity index (χ1) is 14.6. The molecule has 0 saturated carbocycles. The fourth-order valence-electron chi connectivity index (χ4n) is 3.15. The maximum Gasteiger partial charge on any atom is 0.286 e. The van der Waals surface area contributed by atoms with Gasteiger partial charge in [0.25, 0.3) is 5.91 Å². The quantitative estimate of drug-likeness (QED) is 0.442. The molecule has 30 heavy (non-hydrogen) atoms. The standard InChI is InChI=1S/C22H20N2O5S/c1-3-28-11-10-24-17-9-8-14(27-2)12-19(17)30-22(24)23-21(26)16-13-29-18-7-5-4-6-15(18)20(16)25/h4-9,12-13H,3,10-11H2,1-2H3. The fraction of sp³-hybridized carbons (Fsp3) is 0.227. The Kier molecular flexibility index (Phi) is 5.78.